The summed E-state index contributed by atoms with van der Waals surface area (Å²) in [5.41, 5.74) is 1.14. The lowest BCUT2D eigenvalue weighted by Crippen LogP contribution is -2.27. The molecular formula is C18H28FN. The highest BCUT2D eigenvalue weighted by atomic mass is 19.1. The minimum Gasteiger partial charge on any atom is -0.314 e. The van der Waals surface area contributed by atoms with Gasteiger partial charge >= 0.3 is 0 Å². The third-order valence-electron chi connectivity index (χ3n) is 4.20. The molecule has 20 heavy (non-hydrogen) atoms. The van der Waals surface area contributed by atoms with E-state index >= 15 is 0 Å². The first-order chi connectivity index (χ1) is 9.67. The lowest BCUT2D eigenvalue weighted by molar-refractivity contribution is 0.353. The predicted molar refractivity (Wildman–Crippen MR) is 83.3 cm³/mol. The van der Waals surface area contributed by atoms with Gasteiger partial charge in [-0.2, -0.15) is 0 Å². The standard InChI is InChI=1S/C18H28FN/c1-3-5-14(2)10-16(13-20-18-8-9-18)11-15-6-4-7-17(19)12-15/h4,6-7,12,14,16,18,20H,3,5,8-11,13H2,1-2H3. The van der Waals surface area contributed by atoms with Crippen molar-refractivity contribution in [3.05, 3.63) is 35.6 Å². The summed E-state index contributed by atoms with van der Waals surface area (Å²) >= 11 is 0. The average Bonchev–Trinajstić information content (AvgIpc) is 3.20. The van der Waals surface area contributed by atoms with Gasteiger partial charge in [-0.3, -0.25) is 0 Å². The van der Waals surface area contributed by atoms with Gasteiger partial charge in [0.25, 0.3) is 0 Å². The second-order valence-electron chi connectivity index (χ2n) is 6.51. The van der Waals surface area contributed by atoms with Crippen molar-refractivity contribution in [3.8, 4) is 0 Å². The summed E-state index contributed by atoms with van der Waals surface area (Å²) in [7, 11) is 0. The van der Waals surface area contributed by atoms with Crippen LogP contribution in [0.25, 0.3) is 0 Å². The van der Waals surface area contributed by atoms with Gasteiger partial charge in [0, 0.05) is 6.04 Å². The van der Waals surface area contributed by atoms with Crippen molar-refractivity contribution in [3.63, 3.8) is 0 Å². The molecule has 2 unspecified atom stereocenters. The first kappa shape index (κ1) is 15.5. The highest BCUT2D eigenvalue weighted by Crippen LogP contribution is 2.23. The molecule has 1 saturated carbocycles. The van der Waals surface area contributed by atoms with E-state index in [0.717, 1.165) is 30.5 Å². The van der Waals surface area contributed by atoms with E-state index in [1.165, 1.54) is 38.2 Å². The maximum atomic E-state index is 13.3. The Kier molecular flexibility index (Phi) is 6.03. The fourth-order valence-corrected chi connectivity index (χ4v) is 3.04. The molecule has 0 aromatic heterocycles. The third kappa shape index (κ3) is 5.62. The number of nitrogens with one attached hydrogen (secondary N) is 1. The summed E-state index contributed by atoms with van der Waals surface area (Å²) in [5, 5.41) is 3.65. The molecule has 0 radical (unpaired) electrons. The monoisotopic (exact) mass is 277 g/mol. The molecule has 0 bridgehead atoms. The van der Waals surface area contributed by atoms with Crippen LogP contribution in [0.15, 0.2) is 24.3 Å². The summed E-state index contributed by atoms with van der Waals surface area (Å²) < 4.78 is 13.3. The summed E-state index contributed by atoms with van der Waals surface area (Å²) in [6, 6.07) is 7.85. The lowest BCUT2D eigenvalue weighted by atomic mass is 9.88. The van der Waals surface area contributed by atoms with Crippen LogP contribution in [-0.2, 0) is 6.42 Å². The van der Waals surface area contributed by atoms with Gasteiger partial charge in [0.15, 0.2) is 0 Å². The summed E-state index contributed by atoms with van der Waals surface area (Å²) in [6.07, 6.45) is 7.44. The normalized spacial score (nSPS) is 17.9. The Balaban J connectivity index is 1.89. The van der Waals surface area contributed by atoms with Crippen LogP contribution < -0.4 is 5.32 Å². The Hall–Kier alpha value is -0.890. The topological polar surface area (TPSA) is 12.0 Å². The molecule has 1 aliphatic rings. The zero-order chi connectivity index (χ0) is 14.4. The van der Waals surface area contributed by atoms with Gasteiger partial charge < -0.3 is 5.32 Å². The Labute approximate surface area is 123 Å². The van der Waals surface area contributed by atoms with E-state index in [2.05, 4.69) is 25.2 Å². The minimum absolute atomic E-state index is 0.113. The number of benzene rings is 1. The summed E-state index contributed by atoms with van der Waals surface area (Å²) in [5.74, 6) is 1.27. The number of rotatable bonds is 9. The van der Waals surface area contributed by atoms with Gasteiger partial charge in [-0.15, -0.1) is 0 Å². The van der Waals surface area contributed by atoms with E-state index in [1.807, 2.05) is 6.07 Å². The molecule has 1 aromatic rings. The highest BCUT2D eigenvalue weighted by Gasteiger charge is 2.22. The van der Waals surface area contributed by atoms with Crippen molar-refractivity contribution in [1.82, 2.24) is 5.32 Å². The maximum absolute atomic E-state index is 13.3. The molecule has 2 atom stereocenters. The summed E-state index contributed by atoms with van der Waals surface area (Å²) in [6.45, 7) is 5.68. The van der Waals surface area contributed by atoms with Gasteiger partial charge in [-0.25, -0.2) is 4.39 Å². The Morgan fingerprint density at radius 2 is 2.15 bits per heavy atom. The maximum Gasteiger partial charge on any atom is 0.123 e. The second kappa shape index (κ2) is 7.78. The highest BCUT2D eigenvalue weighted by molar-refractivity contribution is 5.17. The van der Waals surface area contributed by atoms with Crippen LogP contribution >= 0.6 is 0 Å². The zero-order valence-corrected chi connectivity index (χ0v) is 12.9. The molecule has 1 aromatic carbocycles. The zero-order valence-electron chi connectivity index (χ0n) is 12.9. The van der Waals surface area contributed by atoms with E-state index in [0.29, 0.717) is 5.92 Å². The van der Waals surface area contributed by atoms with Gasteiger partial charge in [-0.1, -0.05) is 38.8 Å². The largest absolute Gasteiger partial charge is 0.314 e. The fraction of sp³-hybridized carbons (Fsp3) is 0.667. The predicted octanol–water partition coefficient (Wildman–Crippen LogP) is 4.56. The molecule has 0 aliphatic heterocycles. The first-order valence-corrected chi connectivity index (χ1v) is 8.15. The third-order valence-corrected chi connectivity index (χ3v) is 4.20. The van der Waals surface area contributed by atoms with Crippen molar-refractivity contribution in [2.75, 3.05) is 6.54 Å². The second-order valence-corrected chi connectivity index (χ2v) is 6.51. The number of hydrogen-bond acceptors (Lipinski definition) is 1. The van der Waals surface area contributed by atoms with Crippen LogP contribution in [0.1, 0.15) is 51.5 Å². The fourth-order valence-electron chi connectivity index (χ4n) is 3.04. The van der Waals surface area contributed by atoms with Crippen LogP contribution in [0.2, 0.25) is 0 Å². The molecule has 0 spiro atoms. The molecule has 2 rings (SSSR count). The molecule has 112 valence electrons. The van der Waals surface area contributed by atoms with Crippen LogP contribution in [0.5, 0.6) is 0 Å². The van der Waals surface area contributed by atoms with Crippen LogP contribution in [0, 0.1) is 17.7 Å². The average molecular weight is 277 g/mol. The molecule has 1 N–H and O–H groups in total. The smallest absolute Gasteiger partial charge is 0.123 e. The van der Waals surface area contributed by atoms with Gasteiger partial charge in [0.1, 0.15) is 5.82 Å². The van der Waals surface area contributed by atoms with Crippen LogP contribution in [0.4, 0.5) is 4.39 Å². The van der Waals surface area contributed by atoms with Gasteiger partial charge in [-0.05, 0) is 61.8 Å². The Morgan fingerprint density at radius 3 is 2.80 bits per heavy atom. The molecule has 1 nitrogen and oxygen atoms in total. The van der Waals surface area contributed by atoms with Crippen LogP contribution in [-0.4, -0.2) is 12.6 Å². The molecule has 0 amide bonds. The molecular weight excluding hydrogens is 249 g/mol. The molecule has 2 heteroatoms. The van der Waals surface area contributed by atoms with Crippen LogP contribution in [0.3, 0.4) is 0 Å². The first-order valence-electron chi connectivity index (χ1n) is 8.15. The van der Waals surface area contributed by atoms with Crippen molar-refractivity contribution in [2.45, 2.75) is 58.4 Å². The summed E-state index contributed by atoms with van der Waals surface area (Å²) in [4.78, 5) is 0. The van der Waals surface area contributed by atoms with Gasteiger partial charge in [0.05, 0.1) is 0 Å². The van der Waals surface area contributed by atoms with E-state index < -0.39 is 0 Å². The van der Waals surface area contributed by atoms with E-state index in [4.69, 9.17) is 0 Å². The minimum atomic E-state index is -0.113. The van der Waals surface area contributed by atoms with Gasteiger partial charge in [0.2, 0.25) is 0 Å². The van der Waals surface area contributed by atoms with E-state index in [-0.39, 0.29) is 5.82 Å². The SMILES string of the molecule is CCCC(C)CC(CNC1CC1)Cc1cccc(F)c1. The van der Waals surface area contributed by atoms with Crippen molar-refractivity contribution < 1.29 is 4.39 Å². The van der Waals surface area contributed by atoms with Crippen molar-refractivity contribution >= 4 is 0 Å². The van der Waals surface area contributed by atoms with E-state index in [1.54, 1.807) is 6.07 Å². The Bertz CT molecular complexity index is 400. The number of halogens is 1. The Morgan fingerprint density at radius 1 is 1.35 bits per heavy atom. The van der Waals surface area contributed by atoms with Crippen molar-refractivity contribution in [1.29, 1.82) is 0 Å². The molecule has 0 saturated heterocycles. The lowest BCUT2D eigenvalue weighted by Gasteiger charge is -2.21. The quantitative estimate of drug-likeness (QED) is 0.697. The van der Waals surface area contributed by atoms with E-state index in [9.17, 15) is 4.39 Å². The van der Waals surface area contributed by atoms with Crippen molar-refractivity contribution in [2.24, 2.45) is 11.8 Å². The molecule has 1 aliphatic carbocycles. The molecule has 1 fully saturated rings. The number of hydrogen-bond donors (Lipinski definition) is 1. The molecule has 0 heterocycles.